The largest absolute Gasteiger partial charge is 0.416 e. The number of anilines is 2. The van der Waals surface area contributed by atoms with Crippen LogP contribution in [0.2, 0.25) is 0 Å². The number of carbonyl (C=O) groups excluding carboxylic acids is 1. The third-order valence-corrected chi connectivity index (χ3v) is 7.12. The summed E-state index contributed by atoms with van der Waals surface area (Å²) >= 11 is 0. The van der Waals surface area contributed by atoms with E-state index in [9.17, 15) is 18.0 Å². The molecule has 0 spiro atoms. The number of fused-ring (bicyclic) bond motifs is 2. The van der Waals surface area contributed by atoms with Crippen LogP contribution in [0.15, 0.2) is 36.4 Å². The normalized spacial score (nSPS) is 19.3. The predicted molar refractivity (Wildman–Crippen MR) is 128 cm³/mol. The molecular weight excluding hydrogens is 457 g/mol. The van der Waals surface area contributed by atoms with E-state index in [0.29, 0.717) is 24.3 Å². The van der Waals surface area contributed by atoms with Crippen molar-refractivity contribution in [1.29, 1.82) is 0 Å². The fourth-order valence-corrected chi connectivity index (χ4v) is 5.20. The number of amides is 1. The molecule has 0 radical (unpaired) electrons. The SMILES string of the molecule is Cc1c([C@@H](N)Nc2nnc(C)c3ccc(N4CCN5C(=O)CC[C@@H]5C4)cc23)cccc1C(F)(F)F. The highest BCUT2D eigenvalue weighted by Crippen LogP contribution is 2.35. The van der Waals surface area contributed by atoms with Gasteiger partial charge in [-0.2, -0.15) is 18.3 Å². The number of hydrogen-bond acceptors (Lipinski definition) is 6. The van der Waals surface area contributed by atoms with Gasteiger partial charge in [-0.25, -0.2) is 0 Å². The summed E-state index contributed by atoms with van der Waals surface area (Å²) in [5.41, 5.74) is 7.78. The Morgan fingerprint density at radius 3 is 2.69 bits per heavy atom. The van der Waals surface area contributed by atoms with Crippen LogP contribution in [0.5, 0.6) is 0 Å². The molecule has 2 saturated heterocycles. The maximum Gasteiger partial charge on any atom is 0.416 e. The first-order chi connectivity index (χ1) is 16.6. The van der Waals surface area contributed by atoms with E-state index in [0.717, 1.165) is 47.7 Å². The second-order valence-electron chi connectivity index (χ2n) is 9.23. The van der Waals surface area contributed by atoms with Crippen molar-refractivity contribution >= 4 is 28.2 Å². The Morgan fingerprint density at radius 2 is 1.91 bits per heavy atom. The second-order valence-corrected chi connectivity index (χ2v) is 9.23. The molecule has 1 amide bonds. The molecule has 10 heteroatoms. The molecular formula is C25H27F3N6O. The lowest BCUT2D eigenvalue weighted by Crippen LogP contribution is -2.51. The summed E-state index contributed by atoms with van der Waals surface area (Å²) in [5.74, 6) is 0.635. The Hall–Kier alpha value is -3.40. The van der Waals surface area contributed by atoms with Crippen molar-refractivity contribution in [1.82, 2.24) is 15.1 Å². The van der Waals surface area contributed by atoms with Gasteiger partial charge in [-0.3, -0.25) is 4.79 Å². The Morgan fingerprint density at radius 1 is 1.11 bits per heavy atom. The van der Waals surface area contributed by atoms with Crippen LogP contribution in [0.1, 0.15) is 41.4 Å². The first kappa shape index (κ1) is 23.3. The van der Waals surface area contributed by atoms with Crippen LogP contribution >= 0.6 is 0 Å². The van der Waals surface area contributed by atoms with Gasteiger partial charge in [-0.05, 0) is 49.6 Å². The molecule has 35 heavy (non-hydrogen) atoms. The monoisotopic (exact) mass is 484 g/mol. The quantitative estimate of drug-likeness (QED) is 0.541. The van der Waals surface area contributed by atoms with Gasteiger partial charge < -0.3 is 20.9 Å². The number of rotatable bonds is 4. The molecule has 2 fully saturated rings. The van der Waals surface area contributed by atoms with E-state index in [1.807, 2.05) is 30.0 Å². The molecule has 2 atom stereocenters. The van der Waals surface area contributed by atoms with Gasteiger partial charge in [0.25, 0.3) is 0 Å². The fourth-order valence-electron chi connectivity index (χ4n) is 5.20. The molecule has 0 bridgehead atoms. The van der Waals surface area contributed by atoms with E-state index in [2.05, 4.69) is 20.4 Å². The number of nitrogens with two attached hydrogens (primary N) is 1. The molecule has 0 unspecified atom stereocenters. The van der Waals surface area contributed by atoms with Crippen LogP contribution in [0.25, 0.3) is 10.8 Å². The average molecular weight is 485 g/mol. The van der Waals surface area contributed by atoms with E-state index < -0.39 is 17.9 Å². The summed E-state index contributed by atoms with van der Waals surface area (Å²) in [4.78, 5) is 16.3. The number of halogens is 3. The molecule has 184 valence electrons. The van der Waals surface area contributed by atoms with Crippen molar-refractivity contribution in [3.05, 3.63) is 58.8 Å². The minimum Gasteiger partial charge on any atom is -0.368 e. The predicted octanol–water partition coefficient (Wildman–Crippen LogP) is 4.15. The lowest BCUT2D eigenvalue weighted by molar-refractivity contribution is -0.138. The zero-order chi connectivity index (χ0) is 24.9. The van der Waals surface area contributed by atoms with Gasteiger partial charge in [0.2, 0.25) is 5.91 Å². The highest BCUT2D eigenvalue weighted by atomic mass is 19.4. The number of carbonyl (C=O) groups is 1. The van der Waals surface area contributed by atoms with Gasteiger partial charge in [0.15, 0.2) is 5.82 Å². The second kappa shape index (κ2) is 8.67. The number of benzene rings is 2. The number of alkyl halides is 3. The molecule has 3 heterocycles. The molecule has 2 aliphatic rings. The van der Waals surface area contributed by atoms with Crippen LogP contribution in [0.4, 0.5) is 24.7 Å². The first-order valence-electron chi connectivity index (χ1n) is 11.6. The van der Waals surface area contributed by atoms with Gasteiger partial charge in [0, 0.05) is 48.6 Å². The number of nitrogens with one attached hydrogen (secondary N) is 1. The summed E-state index contributed by atoms with van der Waals surface area (Å²) in [6.07, 6.45) is -3.90. The molecule has 0 saturated carbocycles. The molecule has 7 nitrogen and oxygen atoms in total. The molecule has 3 N–H and O–H groups in total. The van der Waals surface area contributed by atoms with Gasteiger partial charge in [-0.1, -0.05) is 18.2 Å². The van der Waals surface area contributed by atoms with Crippen LogP contribution < -0.4 is 16.0 Å². The number of piperazine rings is 1. The summed E-state index contributed by atoms with van der Waals surface area (Å²) < 4.78 is 40.2. The average Bonchev–Trinajstić information content (AvgIpc) is 3.20. The zero-order valence-corrected chi connectivity index (χ0v) is 19.6. The van der Waals surface area contributed by atoms with Crippen LogP contribution in [-0.4, -0.2) is 46.7 Å². The Labute approximate surface area is 201 Å². The first-order valence-corrected chi connectivity index (χ1v) is 11.6. The van der Waals surface area contributed by atoms with Crippen LogP contribution in [-0.2, 0) is 11.0 Å². The number of hydrogen-bond donors (Lipinski definition) is 2. The highest BCUT2D eigenvalue weighted by molar-refractivity contribution is 5.95. The van der Waals surface area contributed by atoms with Crippen molar-refractivity contribution in [2.45, 2.75) is 45.1 Å². The number of nitrogens with zero attached hydrogens (tertiary/aromatic N) is 4. The third-order valence-electron chi connectivity index (χ3n) is 7.12. The lowest BCUT2D eigenvalue weighted by Gasteiger charge is -2.39. The fraction of sp³-hybridized carbons (Fsp3) is 0.400. The summed E-state index contributed by atoms with van der Waals surface area (Å²) in [5, 5.41) is 13.3. The zero-order valence-electron chi connectivity index (χ0n) is 19.6. The summed E-state index contributed by atoms with van der Waals surface area (Å²) in [6, 6.07) is 10.2. The molecule has 2 aliphatic heterocycles. The maximum atomic E-state index is 13.4. The van der Waals surface area contributed by atoms with Gasteiger partial charge in [-0.15, -0.1) is 5.10 Å². The van der Waals surface area contributed by atoms with Crippen molar-refractivity contribution in [3.8, 4) is 0 Å². The minimum atomic E-state index is -4.46. The minimum absolute atomic E-state index is 0.0778. The van der Waals surface area contributed by atoms with E-state index in [1.54, 1.807) is 6.07 Å². The summed E-state index contributed by atoms with van der Waals surface area (Å²) in [7, 11) is 0. The standard InChI is InChI=1S/C25H27F3N6O/c1-14-18(4-3-5-21(14)25(26,27)28)23(29)30-24-20-12-16(6-8-19(20)15(2)31-32-24)33-10-11-34-17(13-33)7-9-22(34)35/h3-6,8,12,17,23H,7,9-11,13,29H2,1-2H3,(H,30,32)/t17-,23+/m1/s1. The molecule has 5 rings (SSSR count). The third kappa shape index (κ3) is 4.27. The Kier molecular flexibility index (Phi) is 5.79. The highest BCUT2D eigenvalue weighted by Gasteiger charge is 2.36. The topological polar surface area (TPSA) is 87.4 Å². The lowest BCUT2D eigenvalue weighted by atomic mass is 10.00. The van der Waals surface area contributed by atoms with E-state index in [-0.39, 0.29) is 17.5 Å². The Balaban J connectivity index is 1.46. The molecule has 2 aromatic carbocycles. The molecule has 1 aromatic heterocycles. The van der Waals surface area contributed by atoms with Crippen LogP contribution in [0, 0.1) is 13.8 Å². The molecule has 0 aliphatic carbocycles. The maximum absolute atomic E-state index is 13.4. The van der Waals surface area contributed by atoms with Gasteiger partial charge >= 0.3 is 6.18 Å². The van der Waals surface area contributed by atoms with Crippen molar-refractivity contribution < 1.29 is 18.0 Å². The van der Waals surface area contributed by atoms with E-state index in [1.165, 1.54) is 13.0 Å². The van der Waals surface area contributed by atoms with Crippen molar-refractivity contribution in [2.24, 2.45) is 5.73 Å². The van der Waals surface area contributed by atoms with Gasteiger partial charge in [0.1, 0.15) is 6.17 Å². The number of aryl methyl sites for hydroxylation is 1. The van der Waals surface area contributed by atoms with Gasteiger partial charge in [0.05, 0.1) is 11.3 Å². The summed E-state index contributed by atoms with van der Waals surface area (Å²) in [6.45, 7) is 5.47. The number of aromatic nitrogens is 2. The van der Waals surface area contributed by atoms with E-state index >= 15 is 0 Å². The van der Waals surface area contributed by atoms with Crippen LogP contribution in [0.3, 0.4) is 0 Å². The van der Waals surface area contributed by atoms with E-state index in [4.69, 9.17) is 5.73 Å². The van der Waals surface area contributed by atoms with Crippen molar-refractivity contribution in [2.75, 3.05) is 29.9 Å². The Bertz CT molecular complexity index is 1290. The molecule has 3 aromatic rings. The smallest absolute Gasteiger partial charge is 0.368 e. The van der Waals surface area contributed by atoms with Crippen molar-refractivity contribution in [3.63, 3.8) is 0 Å².